The van der Waals surface area contributed by atoms with E-state index < -0.39 is 17.6 Å². The Kier molecular flexibility index (Phi) is 4.24. The zero-order valence-electron chi connectivity index (χ0n) is 8.98. The molecule has 0 spiro atoms. The number of hydrogen-bond donors (Lipinski definition) is 2. The smallest absolute Gasteiger partial charge is 0.322 e. The van der Waals surface area contributed by atoms with E-state index in [1.54, 1.807) is 0 Å². The molecule has 1 rings (SSSR count). The van der Waals surface area contributed by atoms with E-state index >= 15 is 0 Å². The first-order valence-corrected chi connectivity index (χ1v) is 5.71. The predicted octanol–water partition coefficient (Wildman–Crippen LogP) is 2.72. The van der Waals surface area contributed by atoms with Gasteiger partial charge in [-0.3, -0.25) is 4.79 Å². The molecule has 0 saturated heterocycles. The first-order chi connectivity index (χ1) is 8.05. The normalized spacial score (nSPS) is 15.1. The first kappa shape index (κ1) is 15.2. The van der Waals surface area contributed by atoms with E-state index in [0.29, 0.717) is 11.4 Å². The number of nitrogens with zero attached hydrogens (tertiary/aromatic N) is 1. The standard InChI is InChI=1S/C9H8BrClF3N3O/c1-8(15,9(12,13)14)7(18)17-5-2-4(10)3-16-6(5)11/h2-3H,15H2,1H3,(H,17,18). The lowest BCUT2D eigenvalue weighted by molar-refractivity contribution is -0.184. The molecular weight excluding hydrogens is 338 g/mol. The molecule has 1 amide bonds. The van der Waals surface area contributed by atoms with Crippen molar-refractivity contribution in [3.8, 4) is 0 Å². The Morgan fingerprint density at radius 2 is 2.11 bits per heavy atom. The van der Waals surface area contributed by atoms with Gasteiger partial charge < -0.3 is 11.1 Å². The van der Waals surface area contributed by atoms with Gasteiger partial charge in [-0.2, -0.15) is 13.2 Å². The van der Waals surface area contributed by atoms with E-state index in [4.69, 9.17) is 17.3 Å². The Balaban J connectivity index is 2.98. The molecule has 9 heteroatoms. The van der Waals surface area contributed by atoms with E-state index in [1.165, 1.54) is 12.3 Å². The van der Waals surface area contributed by atoms with Crippen LogP contribution >= 0.6 is 27.5 Å². The summed E-state index contributed by atoms with van der Waals surface area (Å²) in [5.74, 6) is -1.42. The molecule has 1 unspecified atom stereocenters. The predicted molar refractivity (Wildman–Crippen MR) is 64.2 cm³/mol. The summed E-state index contributed by atoms with van der Waals surface area (Å²) in [4.78, 5) is 15.1. The monoisotopic (exact) mass is 345 g/mol. The Morgan fingerprint density at radius 3 is 2.61 bits per heavy atom. The van der Waals surface area contributed by atoms with Crippen molar-refractivity contribution >= 4 is 39.1 Å². The molecule has 18 heavy (non-hydrogen) atoms. The number of rotatable bonds is 2. The summed E-state index contributed by atoms with van der Waals surface area (Å²) in [6, 6.07) is 1.32. The topological polar surface area (TPSA) is 68.0 Å². The highest BCUT2D eigenvalue weighted by atomic mass is 79.9. The molecule has 3 N–H and O–H groups in total. The van der Waals surface area contributed by atoms with Gasteiger partial charge in [0.2, 0.25) is 0 Å². The summed E-state index contributed by atoms with van der Waals surface area (Å²) < 4.78 is 38.0. The van der Waals surface area contributed by atoms with Crippen molar-refractivity contribution in [1.29, 1.82) is 0 Å². The van der Waals surface area contributed by atoms with Crippen LogP contribution < -0.4 is 11.1 Å². The van der Waals surface area contributed by atoms with E-state index in [1.807, 2.05) is 5.32 Å². The van der Waals surface area contributed by atoms with Gasteiger partial charge in [-0.1, -0.05) is 11.6 Å². The minimum atomic E-state index is -4.87. The number of alkyl halides is 3. The van der Waals surface area contributed by atoms with Crippen LogP contribution in [0.2, 0.25) is 5.15 Å². The number of halogens is 5. The maximum atomic E-state index is 12.5. The molecule has 0 saturated carbocycles. The van der Waals surface area contributed by atoms with E-state index in [2.05, 4.69) is 20.9 Å². The Bertz CT molecular complexity index is 479. The number of nitrogens with one attached hydrogen (secondary N) is 1. The zero-order chi connectivity index (χ0) is 14.1. The molecule has 0 bridgehead atoms. The van der Waals surface area contributed by atoms with Gasteiger partial charge in [-0.05, 0) is 28.9 Å². The number of hydrogen-bond acceptors (Lipinski definition) is 3. The van der Waals surface area contributed by atoms with E-state index in [-0.39, 0.29) is 10.8 Å². The quantitative estimate of drug-likeness (QED) is 0.809. The number of carbonyl (C=O) groups excluding carboxylic acids is 1. The fourth-order valence-corrected chi connectivity index (χ4v) is 1.37. The molecule has 0 fully saturated rings. The molecule has 0 radical (unpaired) electrons. The number of carbonyl (C=O) groups is 1. The Hall–Kier alpha value is -0.860. The highest BCUT2D eigenvalue weighted by Gasteiger charge is 2.54. The van der Waals surface area contributed by atoms with Crippen molar-refractivity contribution in [1.82, 2.24) is 4.98 Å². The molecule has 100 valence electrons. The molecule has 0 aliphatic carbocycles. The first-order valence-electron chi connectivity index (χ1n) is 4.54. The average Bonchev–Trinajstić information content (AvgIpc) is 2.21. The minimum Gasteiger partial charge on any atom is -0.322 e. The molecule has 1 aromatic rings. The zero-order valence-corrected chi connectivity index (χ0v) is 11.3. The molecule has 0 aliphatic heterocycles. The number of anilines is 1. The van der Waals surface area contributed by atoms with Gasteiger partial charge >= 0.3 is 6.18 Å². The van der Waals surface area contributed by atoms with Gasteiger partial charge in [0, 0.05) is 10.7 Å². The van der Waals surface area contributed by atoms with Crippen LogP contribution in [0.1, 0.15) is 6.92 Å². The van der Waals surface area contributed by atoms with Crippen LogP contribution in [0.4, 0.5) is 18.9 Å². The summed E-state index contributed by atoms with van der Waals surface area (Å²) in [6.07, 6.45) is -3.54. The lowest BCUT2D eigenvalue weighted by Crippen LogP contribution is -2.59. The van der Waals surface area contributed by atoms with Crippen molar-refractivity contribution in [3.05, 3.63) is 21.9 Å². The van der Waals surface area contributed by atoms with Crippen molar-refractivity contribution in [2.24, 2.45) is 5.73 Å². The summed E-state index contributed by atoms with van der Waals surface area (Å²) in [7, 11) is 0. The van der Waals surface area contributed by atoms with Gasteiger partial charge in [0.1, 0.15) is 0 Å². The molecule has 0 aromatic carbocycles. The van der Waals surface area contributed by atoms with Crippen molar-refractivity contribution in [2.45, 2.75) is 18.6 Å². The number of pyridine rings is 1. The second kappa shape index (κ2) is 5.02. The van der Waals surface area contributed by atoms with Crippen LogP contribution in [0.25, 0.3) is 0 Å². The maximum absolute atomic E-state index is 12.5. The third kappa shape index (κ3) is 3.12. The lowest BCUT2D eigenvalue weighted by atomic mass is 10.0. The SMILES string of the molecule is CC(N)(C(=O)Nc1cc(Br)cnc1Cl)C(F)(F)F. The van der Waals surface area contributed by atoms with Crippen LogP contribution in [-0.2, 0) is 4.79 Å². The van der Waals surface area contributed by atoms with Crippen molar-refractivity contribution < 1.29 is 18.0 Å². The fraction of sp³-hybridized carbons (Fsp3) is 0.333. The molecule has 0 aliphatic rings. The molecule has 4 nitrogen and oxygen atoms in total. The number of amides is 1. The van der Waals surface area contributed by atoms with Gasteiger partial charge in [0.05, 0.1) is 5.69 Å². The fourth-order valence-electron chi connectivity index (χ4n) is 0.891. The summed E-state index contributed by atoms with van der Waals surface area (Å²) in [5, 5.41) is 1.85. The summed E-state index contributed by atoms with van der Waals surface area (Å²) >= 11 is 8.69. The molecule has 1 atom stereocenters. The Morgan fingerprint density at radius 1 is 1.56 bits per heavy atom. The van der Waals surface area contributed by atoms with Crippen LogP contribution in [-0.4, -0.2) is 22.6 Å². The van der Waals surface area contributed by atoms with Crippen LogP contribution in [0.15, 0.2) is 16.7 Å². The third-order valence-corrected chi connectivity index (χ3v) is 2.85. The Labute approximate surface area is 114 Å². The second-order valence-electron chi connectivity index (χ2n) is 3.65. The second-order valence-corrected chi connectivity index (χ2v) is 4.92. The van der Waals surface area contributed by atoms with Crippen LogP contribution in [0.3, 0.4) is 0 Å². The number of aromatic nitrogens is 1. The van der Waals surface area contributed by atoms with Crippen LogP contribution in [0, 0.1) is 0 Å². The lowest BCUT2D eigenvalue weighted by Gasteiger charge is -2.26. The minimum absolute atomic E-state index is 0.0584. The van der Waals surface area contributed by atoms with Gasteiger partial charge in [-0.15, -0.1) is 0 Å². The van der Waals surface area contributed by atoms with E-state index in [0.717, 1.165) is 0 Å². The molecular formula is C9H8BrClF3N3O. The molecule has 1 aromatic heterocycles. The summed E-state index contributed by atoms with van der Waals surface area (Å²) in [6.45, 7) is 0.571. The van der Waals surface area contributed by atoms with Gasteiger partial charge in [0.15, 0.2) is 10.7 Å². The highest BCUT2D eigenvalue weighted by molar-refractivity contribution is 9.10. The molecule has 1 heterocycles. The van der Waals surface area contributed by atoms with Gasteiger partial charge in [0.25, 0.3) is 5.91 Å². The van der Waals surface area contributed by atoms with E-state index in [9.17, 15) is 18.0 Å². The number of nitrogens with two attached hydrogens (primary N) is 1. The maximum Gasteiger partial charge on any atom is 0.415 e. The van der Waals surface area contributed by atoms with Crippen molar-refractivity contribution in [3.63, 3.8) is 0 Å². The largest absolute Gasteiger partial charge is 0.415 e. The summed E-state index contributed by atoms with van der Waals surface area (Å²) in [5.41, 5.74) is 1.89. The third-order valence-electron chi connectivity index (χ3n) is 2.11. The van der Waals surface area contributed by atoms with Crippen molar-refractivity contribution in [2.75, 3.05) is 5.32 Å². The van der Waals surface area contributed by atoms with Crippen LogP contribution in [0.5, 0.6) is 0 Å². The highest BCUT2D eigenvalue weighted by Crippen LogP contribution is 2.30. The average molecular weight is 347 g/mol. The van der Waals surface area contributed by atoms with Gasteiger partial charge in [-0.25, -0.2) is 4.98 Å².